The molecular formula is C9H10ClN5O6S2. The lowest BCUT2D eigenvalue weighted by atomic mass is 10.1. The first kappa shape index (κ1) is 17.4. The molecule has 23 heavy (non-hydrogen) atoms. The zero-order valence-electron chi connectivity index (χ0n) is 11.4. The Kier molecular flexibility index (Phi) is 4.74. The summed E-state index contributed by atoms with van der Waals surface area (Å²) in [4.78, 5) is 32.1. The van der Waals surface area contributed by atoms with Crippen LogP contribution in [0.25, 0.3) is 0 Å². The Morgan fingerprint density at radius 3 is 2.74 bits per heavy atom. The Labute approximate surface area is 138 Å². The highest BCUT2D eigenvalue weighted by Crippen LogP contribution is 2.26. The van der Waals surface area contributed by atoms with Gasteiger partial charge in [0.1, 0.15) is 23.2 Å². The fourth-order valence-corrected chi connectivity index (χ4v) is 3.30. The number of carbonyl (C=O) groups is 2. The van der Waals surface area contributed by atoms with E-state index < -0.39 is 34.7 Å². The molecule has 11 nitrogen and oxygen atoms in total. The second kappa shape index (κ2) is 6.27. The molecule has 0 spiro atoms. The molecule has 1 aliphatic rings. The molecule has 0 aliphatic carbocycles. The molecule has 2 amide bonds. The maximum Gasteiger partial charge on any atom is 0.362 e. The van der Waals surface area contributed by atoms with Crippen LogP contribution in [0.3, 0.4) is 0 Å². The second-order valence-corrected chi connectivity index (χ2v) is 7.14. The molecule has 1 aliphatic heterocycles. The Bertz CT molecular complexity index is 790. The number of rotatable bonds is 5. The minimum Gasteiger partial charge on any atom is -0.398 e. The monoisotopic (exact) mass is 383 g/mol. The quantitative estimate of drug-likeness (QED) is 0.248. The highest BCUT2D eigenvalue weighted by atomic mass is 35.5. The van der Waals surface area contributed by atoms with Crippen LogP contribution in [0.2, 0.25) is 4.34 Å². The van der Waals surface area contributed by atoms with E-state index in [1.807, 2.05) is 0 Å². The van der Waals surface area contributed by atoms with Gasteiger partial charge in [0.25, 0.3) is 11.8 Å². The molecule has 126 valence electrons. The first-order chi connectivity index (χ1) is 10.6. The number of nitrogens with two attached hydrogens (primary N) is 1. The molecule has 0 aromatic carbocycles. The van der Waals surface area contributed by atoms with Crippen LogP contribution in [0.4, 0.5) is 5.13 Å². The highest BCUT2D eigenvalue weighted by molar-refractivity contribution is 7.84. The Morgan fingerprint density at radius 1 is 1.65 bits per heavy atom. The maximum atomic E-state index is 12.2. The third-order valence-electron chi connectivity index (χ3n) is 2.70. The van der Waals surface area contributed by atoms with Gasteiger partial charge in [-0.15, -0.1) is 0 Å². The van der Waals surface area contributed by atoms with Crippen molar-refractivity contribution >= 4 is 55.9 Å². The molecule has 1 aromatic heterocycles. The minimum atomic E-state index is -4.64. The van der Waals surface area contributed by atoms with Gasteiger partial charge in [-0.05, 0) is 0 Å². The van der Waals surface area contributed by atoms with Crippen LogP contribution in [-0.2, 0) is 24.7 Å². The van der Waals surface area contributed by atoms with Crippen LogP contribution in [0.5, 0.6) is 0 Å². The molecule has 1 atom stereocenters. The fraction of sp³-hybridized carbons (Fsp3) is 0.333. The van der Waals surface area contributed by atoms with Crippen molar-refractivity contribution in [3.8, 4) is 0 Å². The molecule has 14 heteroatoms. The molecule has 2 heterocycles. The van der Waals surface area contributed by atoms with Gasteiger partial charge in [-0.3, -0.25) is 14.1 Å². The summed E-state index contributed by atoms with van der Waals surface area (Å²) in [6.07, 6.45) is 0. The van der Waals surface area contributed by atoms with E-state index in [1.54, 1.807) is 0 Å². The lowest BCUT2D eigenvalue weighted by Gasteiger charge is -2.35. The maximum absolute atomic E-state index is 12.2. The van der Waals surface area contributed by atoms with Crippen molar-refractivity contribution in [1.29, 1.82) is 0 Å². The molecule has 1 aromatic rings. The van der Waals surface area contributed by atoms with Gasteiger partial charge in [0.2, 0.25) is 0 Å². The normalized spacial score (nSPS) is 18.6. The van der Waals surface area contributed by atoms with Crippen LogP contribution < -0.4 is 11.1 Å². The van der Waals surface area contributed by atoms with Gasteiger partial charge in [0.05, 0.1) is 6.54 Å². The summed E-state index contributed by atoms with van der Waals surface area (Å²) >= 11 is 6.80. The topological polar surface area (TPSA) is 164 Å². The van der Waals surface area contributed by atoms with Gasteiger partial charge in [0.15, 0.2) is 10.8 Å². The lowest BCUT2D eigenvalue weighted by molar-refractivity contribution is -0.139. The van der Waals surface area contributed by atoms with Crippen molar-refractivity contribution < 1.29 is 27.4 Å². The number of aromatic nitrogens is 1. The van der Waals surface area contributed by atoms with Crippen LogP contribution in [0.15, 0.2) is 5.16 Å². The first-order valence-corrected chi connectivity index (χ1v) is 8.37. The largest absolute Gasteiger partial charge is 0.398 e. The number of oxime groups is 1. The molecule has 1 unspecified atom stereocenters. The predicted octanol–water partition coefficient (Wildman–Crippen LogP) is -1.14. The van der Waals surface area contributed by atoms with Crippen molar-refractivity contribution in [2.75, 3.05) is 19.4 Å². The van der Waals surface area contributed by atoms with Gasteiger partial charge in [-0.2, -0.15) is 8.42 Å². The molecule has 1 fully saturated rings. The summed E-state index contributed by atoms with van der Waals surface area (Å²) in [7, 11) is -3.45. The molecule has 4 N–H and O–H groups in total. The molecular weight excluding hydrogens is 374 g/mol. The number of anilines is 1. The Hall–Kier alpha value is -1.96. The van der Waals surface area contributed by atoms with E-state index in [0.29, 0.717) is 0 Å². The average molecular weight is 384 g/mol. The summed E-state index contributed by atoms with van der Waals surface area (Å²) in [5.41, 5.74) is 5.12. The number of hydrogen-bond acceptors (Lipinski definition) is 9. The van der Waals surface area contributed by atoms with Gasteiger partial charge in [0, 0.05) is 0 Å². The molecule has 0 radical (unpaired) electrons. The summed E-state index contributed by atoms with van der Waals surface area (Å²) in [6.45, 7) is -0.406. The molecule has 2 rings (SSSR count). The van der Waals surface area contributed by atoms with E-state index in [2.05, 4.69) is 20.3 Å². The SMILES string of the molecule is CO/N=C(\C(=O)NC1CN(S(=O)(=O)O)C1=O)c1nc(N)sc1Cl. The number of thiazole rings is 1. The van der Waals surface area contributed by atoms with E-state index in [4.69, 9.17) is 21.9 Å². The van der Waals surface area contributed by atoms with Crippen molar-refractivity contribution in [1.82, 2.24) is 14.6 Å². The third kappa shape index (κ3) is 3.52. The van der Waals surface area contributed by atoms with Crippen molar-refractivity contribution in [2.45, 2.75) is 6.04 Å². The molecule has 0 bridgehead atoms. The number of hydrogen-bond donors (Lipinski definition) is 3. The molecule has 0 saturated carbocycles. The summed E-state index contributed by atoms with van der Waals surface area (Å²) < 4.78 is 30.7. The second-order valence-electron chi connectivity index (χ2n) is 4.17. The Balaban J connectivity index is 2.14. The first-order valence-electron chi connectivity index (χ1n) is 5.78. The van der Waals surface area contributed by atoms with Gasteiger partial charge in [-0.25, -0.2) is 9.29 Å². The van der Waals surface area contributed by atoms with Crippen LogP contribution >= 0.6 is 22.9 Å². The number of halogens is 1. The highest BCUT2D eigenvalue weighted by Gasteiger charge is 2.45. The lowest BCUT2D eigenvalue weighted by Crippen LogP contribution is -2.65. The summed E-state index contributed by atoms with van der Waals surface area (Å²) in [6, 6.07) is -1.14. The van der Waals surface area contributed by atoms with Crippen LogP contribution in [-0.4, -0.2) is 59.5 Å². The third-order valence-corrected chi connectivity index (χ3v) is 4.67. The minimum absolute atomic E-state index is 0.0353. The number of nitrogens with zero attached hydrogens (tertiary/aromatic N) is 3. The fourth-order valence-electron chi connectivity index (χ4n) is 1.68. The number of amides is 2. The van der Waals surface area contributed by atoms with Crippen molar-refractivity contribution in [3.05, 3.63) is 10.0 Å². The number of nitrogen functional groups attached to an aromatic ring is 1. The van der Waals surface area contributed by atoms with E-state index in [0.717, 1.165) is 11.3 Å². The van der Waals surface area contributed by atoms with E-state index in [-0.39, 0.29) is 25.2 Å². The zero-order chi connectivity index (χ0) is 17.4. The van der Waals surface area contributed by atoms with E-state index >= 15 is 0 Å². The smallest absolute Gasteiger partial charge is 0.362 e. The van der Waals surface area contributed by atoms with Gasteiger partial charge >= 0.3 is 10.3 Å². The van der Waals surface area contributed by atoms with E-state index in [9.17, 15) is 18.0 Å². The molecule has 1 saturated heterocycles. The number of nitrogens with one attached hydrogen (secondary N) is 1. The van der Waals surface area contributed by atoms with Crippen LogP contribution in [0, 0.1) is 0 Å². The average Bonchev–Trinajstić information content (AvgIpc) is 2.76. The van der Waals surface area contributed by atoms with Crippen molar-refractivity contribution in [3.63, 3.8) is 0 Å². The zero-order valence-corrected chi connectivity index (χ0v) is 13.8. The van der Waals surface area contributed by atoms with E-state index in [1.165, 1.54) is 7.11 Å². The number of carbonyl (C=O) groups excluding carboxylic acids is 2. The van der Waals surface area contributed by atoms with Gasteiger partial charge < -0.3 is 15.9 Å². The number of β-lactam (4-membered cyclic amide) rings is 1. The summed E-state index contributed by atoms with van der Waals surface area (Å²) in [5.74, 6) is -1.85. The van der Waals surface area contributed by atoms with Crippen LogP contribution in [0.1, 0.15) is 5.69 Å². The predicted molar refractivity (Wildman–Crippen MR) is 80.3 cm³/mol. The Morgan fingerprint density at radius 2 is 2.30 bits per heavy atom. The standard InChI is InChI=1S/C9H10ClN5O6S2/c1-21-14-5(4-6(10)22-9(11)13-4)7(16)12-3-2-15(8(3)17)23(18,19)20/h3H,2H2,1H3,(H2,11,13)(H,12,16)(H,18,19,20)/b14-5-. The van der Waals surface area contributed by atoms with Gasteiger partial charge in [-0.1, -0.05) is 28.1 Å². The summed E-state index contributed by atoms with van der Waals surface area (Å²) in [5, 5.41) is 5.82. The van der Waals surface area contributed by atoms with Crippen molar-refractivity contribution in [2.24, 2.45) is 5.16 Å².